The molecule has 0 fully saturated rings. The highest BCUT2D eigenvalue weighted by atomic mass is 32.1. The average molecular weight is 221 g/mol. The first-order valence-electron chi connectivity index (χ1n) is 4.77. The number of aromatic nitrogens is 1. The summed E-state index contributed by atoms with van der Waals surface area (Å²) in [5.74, 6) is -0.179. The fourth-order valence-corrected chi connectivity index (χ4v) is 2.13. The van der Waals surface area contributed by atoms with Gasteiger partial charge in [0.2, 0.25) is 0 Å². The van der Waals surface area contributed by atoms with Gasteiger partial charge in [0.1, 0.15) is 0 Å². The maximum Gasteiger partial charge on any atom is 0.310 e. The van der Waals surface area contributed by atoms with Crippen LogP contribution >= 0.6 is 11.3 Å². The molecule has 3 nitrogen and oxygen atoms in total. The van der Waals surface area contributed by atoms with Crippen LogP contribution in [0.1, 0.15) is 12.5 Å². The molecule has 0 unspecified atom stereocenters. The molecule has 0 aliphatic rings. The predicted octanol–water partition coefficient (Wildman–Crippen LogP) is 2.40. The van der Waals surface area contributed by atoms with E-state index in [1.807, 2.05) is 25.1 Å². The van der Waals surface area contributed by atoms with Gasteiger partial charge in [0.05, 0.1) is 28.8 Å². The van der Waals surface area contributed by atoms with Gasteiger partial charge in [-0.05, 0) is 24.6 Å². The number of thiazole rings is 1. The number of carbonyl (C=O) groups excluding carboxylic acids is 1. The van der Waals surface area contributed by atoms with Crippen molar-refractivity contribution in [1.82, 2.24) is 4.98 Å². The minimum Gasteiger partial charge on any atom is -0.466 e. The first kappa shape index (κ1) is 10.1. The zero-order chi connectivity index (χ0) is 10.7. The Morgan fingerprint density at radius 1 is 1.53 bits per heavy atom. The lowest BCUT2D eigenvalue weighted by Gasteiger charge is -2.01. The number of ether oxygens (including phenoxy) is 1. The average Bonchev–Trinajstić information content (AvgIpc) is 2.65. The molecule has 0 bridgehead atoms. The van der Waals surface area contributed by atoms with Crippen LogP contribution in [0.3, 0.4) is 0 Å². The summed E-state index contributed by atoms with van der Waals surface area (Å²) in [7, 11) is 0. The largest absolute Gasteiger partial charge is 0.466 e. The van der Waals surface area contributed by atoms with Crippen molar-refractivity contribution in [3.8, 4) is 0 Å². The number of benzene rings is 1. The highest BCUT2D eigenvalue weighted by molar-refractivity contribution is 7.16. The predicted molar refractivity (Wildman–Crippen MR) is 60.0 cm³/mol. The molecule has 0 atom stereocenters. The normalized spacial score (nSPS) is 10.5. The topological polar surface area (TPSA) is 39.2 Å². The zero-order valence-corrected chi connectivity index (χ0v) is 9.21. The molecule has 0 spiro atoms. The molecular formula is C11H11NO2S. The van der Waals surface area contributed by atoms with Gasteiger partial charge in [0.15, 0.2) is 0 Å². The van der Waals surface area contributed by atoms with Gasteiger partial charge in [0.25, 0.3) is 0 Å². The number of carbonyl (C=O) groups is 1. The summed E-state index contributed by atoms with van der Waals surface area (Å²) in [6, 6.07) is 5.84. The SMILES string of the molecule is CCOC(=O)Cc1ccc2ncsc2c1. The number of esters is 1. The van der Waals surface area contributed by atoms with Gasteiger partial charge in [-0.25, -0.2) is 4.98 Å². The Kier molecular flexibility index (Phi) is 2.97. The van der Waals surface area contributed by atoms with E-state index in [9.17, 15) is 4.79 Å². The molecule has 1 aromatic carbocycles. The summed E-state index contributed by atoms with van der Waals surface area (Å²) in [6.07, 6.45) is 0.335. The lowest BCUT2D eigenvalue weighted by molar-refractivity contribution is -0.142. The monoisotopic (exact) mass is 221 g/mol. The van der Waals surface area contributed by atoms with Crippen molar-refractivity contribution in [3.05, 3.63) is 29.3 Å². The molecule has 1 aromatic heterocycles. The molecule has 0 radical (unpaired) electrons. The smallest absolute Gasteiger partial charge is 0.310 e. The molecule has 0 amide bonds. The van der Waals surface area contributed by atoms with Gasteiger partial charge in [-0.2, -0.15) is 0 Å². The van der Waals surface area contributed by atoms with Gasteiger partial charge in [-0.3, -0.25) is 4.79 Å². The Labute approximate surface area is 91.7 Å². The summed E-state index contributed by atoms with van der Waals surface area (Å²) in [6.45, 7) is 2.24. The first-order valence-corrected chi connectivity index (χ1v) is 5.65. The third-order valence-electron chi connectivity index (χ3n) is 2.05. The van der Waals surface area contributed by atoms with Crippen LogP contribution in [0.5, 0.6) is 0 Å². The van der Waals surface area contributed by atoms with E-state index in [1.165, 1.54) is 0 Å². The summed E-state index contributed by atoms with van der Waals surface area (Å²) in [5.41, 5.74) is 3.76. The van der Waals surface area contributed by atoms with E-state index in [2.05, 4.69) is 4.98 Å². The highest BCUT2D eigenvalue weighted by Crippen LogP contribution is 2.19. The standard InChI is InChI=1S/C11H11NO2S/c1-2-14-11(13)6-8-3-4-9-10(5-8)15-7-12-9/h3-5,7H,2,6H2,1H3. The van der Waals surface area contributed by atoms with E-state index >= 15 is 0 Å². The number of fused-ring (bicyclic) bond motifs is 1. The number of nitrogens with zero attached hydrogens (tertiary/aromatic N) is 1. The van der Waals surface area contributed by atoms with E-state index in [0.717, 1.165) is 15.8 Å². The zero-order valence-electron chi connectivity index (χ0n) is 8.40. The van der Waals surface area contributed by atoms with E-state index < -0.39 is 0 Å². The van der Waals surface area contributed by atoms with Crippen LogP contribution in [0.4, 0.5) is 0 Å². The highest BCUT2D eigenvalue weighted by Gasteiger charge is 2.05. The maximum atomic E-state index is 11.3. The fourth-order valence-electron chi connectivity index (χ4n) is 1.39. The lowest BCUT2D eigenvalue weighted by atomic mass is 10.1. The first-order chi connectivity index (χ1) is 7.29. The fraction of sp³-hybridized carbons (Fsp3) is 0.273. The van der Waals surface area contributed by atoms with Gasteiger partial charge >= 0.3 is 5.97 Å². The molecule has 2 aromatic rings. The van der Waals surface area contributed by atoms with Crippen molar-refractivity contribution in [1.29, 1.82) is 0 Å². The van der Waals surface area contributed by atoms with E-state index in [-0.39, 0.29) is 5.97 Å². The molecule has 15 heavy (non-hydrogen) atoms. The Morgan fingerprint density at radius 3 is 3.20 bits per heavy atom. The van der Waals surface area contributed by atoms with Crippen LogP contribution in [0.25, 0.3) is 10.2 Å². The Morgan fingerprint density at radius 2 is 2.40 bits per heavy atom. The maximum absolute atomic E-state index is 11.3. The van der Waals surface area contributed by atoms with Crippen LogP contribution in [-0.2, 0) is 16.0 Å². The van der Waals surface area contributed by atoms with Crippen molar-refractivity contribution >= 4 is 27.5 Å². The Balaban J connectivity index is 2.17. The van der Waals surface area contributed by atoms with Crippen molar-refractivity contribution < 1.29 is 9.53 Å². The number of hydrogen-bond acceptors (Lipinski definition) is 4. The quantitative estimate of drug-likeness (QED) is 0.747. The summed E-state index contributed by atoms with van der Waals surface area (Å²) < 4.78 is 6.00. The molecule has 0 aliphatic heterocycles. The molecule has 2 rings (SSSR count). The molecule has 78 valence electrons. The Bertz CT molecular complexity index is 478. The third kappa shape index (κ3) is 2.33. The van der Waals surface area contributed by atoms with E-state index in [4.69, 9.17) is 4.74 Å². The van der Waals surface area contributed by atoms with Crippen molar-refractivity contribution in [2.75, 3.05) is 6.61 Å². The van der Waals surface area contributed by atoms with Gasteiger partial charge in [-0.1, -0.05) is 6.07 Å². The van der Waals surface area contributed by atoms with Crippen LogP contribution < -0.4 is 0 Å². The van der Waals surface area contributed by atoms with Crippen LogP contribution in [0, 0.1) is 0 Å². The minimum absolute atomic E-state index is 0.179. The second kappa shape index (κ2) is 4.40. The van der Waals surface area contributed by atoms with Crippen LogP contribution in [0.15, 0.2) is 23.7 Å². The number of rotatable bonds is 3. The number of hydrogen-bond donors (Lipinski definition) is 0. The summed E-state index contributed by atoms with van der Waals surface area (Å²) >= 11 is 1.58. The molecule has 1 heterocycles. The summed E-state index contributed by atoms with van der Waals surface area (Å²) in [5, 5.41) is 0. The Hall–Kier alpha value is -1.42. The minimum atomic E-state index is -0.179. The van der Waals surface area contributed by atoms with Crippen LogP contribution in [0.2, 0.25) is 0 Å². The third-order valence-corrected chi connectivity index (χ3v) is 2.84. The lowest BCUT2D eigenvalue weighted by Crippen LogP contribution is -2.07. The molecule has 4 heteroatoms. The van der Waals surface area contributed by atoms with E-state index in [0.29, 0.717) is 13.0 Å². The molecule has 0 saturated carbocycles. The van der Waals surface area contributed by atoms with Crippen molar-refractivity contribution in [3.63, 3.8) is 0 Å². The second-order valence-electron chi connectivity index (χ2n) is 3.14. The molecule has 0 aliphatic carbocycles. The second-order valence-corrected chi connectivity index (χ2v) is 4.02. The molecule has 0 saturated heterocycles. The van der Waals surface area contributed by atoms with Crippen molar-refractivity contribution in [2.45, 2.75) is 13.3 Å². The van der Waals surface area contributed by atoms with Gasteiger partial charge in [-0.15, -0.1) is 11.3 Å². The summed E-state index contributed by atoms with van der Waals surface area (Å²) in [4.78, 5) is 15.4. The molecular weight excluding hydrogens is 210 g/mol. The van der Waals surface area contributed by atoms with E-state index in [1.54, 1.807) is 16.8 Å². The van der Waals surface area contributed by atoms with Crippen molar-refractivity contribution in [2.24, 2.45) is 0 Å². The van der Waals surface area contributed by atoms with Gasteiger partial charge in [0, 0.05) is 0 Å². The molecule has 0 N–H and O–H groups in total. The van der Waals surface area contributed by atoms with Crippen LogP contribution in [-0.4, -0.2) is 17.6 Å². The van der Waals surface area contributed by atoms with Gasteiger partial charge < -0.3 is 4.74 Å².